The third-order valence-corrected chi connectivity index (χ3v) is 5.40. The molecule has 0 fully saturated rings. The molecular weight excluding hydrogens is 601 g/mol. The molecule has 0 bridgehead atoms. The number of para-hydroxylation sites is 2. The van der Waals surface area contributed by atoms with Gasteiger partial charge in [0.1, 0.15) is 23.0 Å². The van der Waals surface area contributed by atoms with Crippen LogP contribution in [0.4, 0.5) is 23.0 Å². The van der Waals surface area contributed by atoms with E-state index in [1.165, 1.54) is 0 Å². The maximum Gasteiger partial charge on any atom is 0.146 e. The molecule has 0 atom stereocenters. The molecule has 0 saturated carbocycles. The molecule has 2 aromatic carbocycles. The molecule has 1 radical (unpaired) electrons. The Bertz CT molecular complexity index is 1270. The molecule has 1 aliphatic rings. The molecule has 167 valence electrons. The molecule has 0 unspecified atom stereocenters. The topological polar surface area (TPSA) is 58.0 Å². The number of hydrogen-bond donors (Lipinski definition) is 0. The van der Waals surface area contributed by atoms with E-state index in [-0.39, 0.29) is 20.1 Å². The van der Waals surface area contributed by atoms with Crippen LogP contribution in [0.3, 0.4) is 0 Å². The molecule has 0 amide bonds. The van der Waals surface area contributed by atoms with E-state index in [0.29, 0.717) is 0 Å². The minimum atomic E-state index is 0. The van der Waals surface area contributed by atoms with E-state index < -0.39 is 0 Å². The predicted octanol–water partition coefficient (Wildman–Crippen LogP) is 5.81. The van der Waals surface area contributed by atoms with E-state index in [2.05, 4.69) is 33.1 Å². The van der Waals surface area contributed by atoms with E-state index in [9.17, 15) is 0 Å². The van der Waals surface area contributed by atoms with Gasteiger partial charge < -0.3 is 9.80 Å². The quantitative estimate of drug-likeness (QED) is 0.237. The maximum atomic E-state index is 5.14. The Morgan fingerprint density at radius 1 is 0.647 bits per heavy atom. The molecule has 0 saturated heterocycles. The molecule has 34 heavy (non-hydrogen) atoms. The first-order chi connectivity index (χ1) is 16.4. The number of fused-ring (bicyclic) bond motifs is 1. The maximum absolute atomic E-state index is 5.14. The number of anilines is 4. The normalized spacial score (nSPS) is 12.2. The summed E-state index contributed by atoms with van der Waals surface area (Å²) in [6, 6.07) is 29.1. The van der Waals surface area contributed by atoms with Gasteiger partial charge in [0, 0.05) is 61.7 Å². The molecule has 6 rings (SSSR count). The summed E-state index contributed by atoms with van der Waals surface area (Å²) in [4.78, 5) is 23.0. The van der Waals surface area contributed by atoms with Crippen LogP contribution in [0.1, 0.15) is 0 Å². The number of rotatable bonds is 4. The second kappa shape index (κ2) is 9.51. The fourth-order valence-corrected chi connectivity index (χ4v) is 3.86. The number of hydrogen-bond acceptors (Lipinski definition) is 6. The third-order valence-electron chi connectivity index (χ3n) is 5.40. The van der Waals surface area contributed by atoms with Crippen LogP contribution in [-0.2, 0) is 20.1 Å². The van der Waals surface area contributed by atoms with Crippen molar-refractivity contribution in [1.82, 2.24) is 19.9 Å². The average Bonchev–Trinajstić information content (AvgIpc) is 3.29. The van der Waals surface area contributed by atoms with Gasteiger partial charge >= 0.3 is 0 Å². The van der Waals surface area contributed by atoms with Crippen molar-refractivity contribution < 1.29 is 20.1 Å². The smallest absolute Gasteiger partial charge is 0.146 e. The minimum absolute atomic E-state index is 0. The Hall–Kier alpha value is -3.93. The van der Waals surface area contributed by atoms with Crippen LogP contribution in [0.2, 0.25) is 0 Å². The van der Waals surface area contributed by atoms with Crippen molar-refractivity contribution in [3.8, 4) is 22.5 Å². The van der Waals surface area contributed by atoms with Crippen molar-refractivity contribution in [2.24, 2.45) is 0 Å². The number of nitrogens with zero attached hydrogens (tertiary/aromatic N) is 6. The van der Waals surface area contributed by atoms with Crippen molar-refractivity contribution in [3.63, 3.8) is 0 Å². The van der Waals surface area contributed by atoms with Gasteiger partial charge in [0.15, 0.2) is 0 Å². The Kier molecular flexibility index (Phi) is 6.12. The molecule has 3 aromatic heterocycles. The summed E-state index contributed by atoms with van der Waals surface area (Å²) in [7, 11) is 0. The monoisotopic (exact) mass is 619 g/mol. The molecular formula is C27H18IrN6-2. The van der Waals surface area contributed by atoms with Crippen LogP contribution in [0.25, 0.3) is 22.5 Å². The van der Waals surface area contributed by atoms with Gasteiger partial charge in [-0.05, 0) is 36.4 Å². The van der Waals surface area contributed by atoms with Crippen LogP contribution in [-0.4, -0.2) is 19.9 Å². The van der Waals surface area contributed by atoms with Crippen LogP contribution in [0.5, 0.6) is 0 Å². The zero-order valence-electron chi connectivity index (χ0n) is 17.9. The molecule has 5 aromatic rings. The SMILES string of the molecule is [Ir].[c-]1ccccc1N1[CH-]N(c2ccccc2)c2nc(-c3cccnc3)c(-c3cccnc3)nc21. The van der Waals surface area contributed by atoms with Gasteiger partial charge in [-0.1, -0.05) is 18.2 Å². The molecule has 0 N–H and O–H groups in total. The number of pyridine rings is 2. The van der Waals surface area contributed by atoms with Crippen molar-refractivity contribution >= 4 is 23.0 Å². The van der Waals surface area contributed by atoms with Gasteiger partial charge in [-0.25, -0.2) is 9.97 Å². The van der Waals surface area contributed by atoms with Crippen LogP contribution >= 0.6 is 0 Å². The van der Waals surface area contributed by atoms with Crippen molar-refractivity contribution in [2.75, 3.05) is 9.80 Å². The van der Waals surface area contributed by atoms with Crippen molar-refractivity contribution in [2.45, 2.75) is 0 Å². The minimum Gasteiger partial charge on any atom is -0.477 e. The van der Waals surface area contributed by atoms with Gasteiger partial charge in [-0.3, -0.25) is 9.97 Å². The first-order valence-corrected chi connectivity index (χ1v) is 10.6. The fourth-order valence-electron chi connectivity index (χ4n) is 3.86. The van der Waals surface area contributed by atoms with Crippen molar-refractivity contribution in [3.05, 3.63) is 116 Å². The summed E-state index contributed by atoms with van der Waals surface area (Å²) in [5, 5.41) is 0. The predicted molar refractivity (Wildman–Crippen MR) is 129 cm³/mol. The average molecular weight is 619 g/mol. The zero-order chi connectivity index (χ0) is 22.0. The van der Waals surface area contributed by atoms with E-state index in [1.54, 1.807) is 12.4 Å². The molecule has 1 aliphatic heterocycles. The van der Waals surface area contributed by atoms with Gasteiger partial charge in [0.05, 0.1) is 0 Å². The van der Waals surface area contributed by atoms with Gasteiger partial charge in [0.25, 0.3) is 0 Å². The van der Waals surface area contributed by atoms with Crippen LogP contribution in [0, 0.1) is 12.7 Å². The summed E-state index contributed by atoms with van der Waals surface area (Å²) in [5.41, 5.74) is 5.17. The number of aromatic nitrogens is 4. The zero-order valence-corrected chi connectivity index (χ0v) is 20.3. The van der Waals surface area contributed by atoms with E-state index in [1.807, 2.05) is 90.7 Å². The number of benzene rings is 2. The Morgan fingerprint density at radius 3 is 1.82 bits per heavy atom. The van der Waals surface area contributed by atoms with Gasteiger partial charge in [-0.2, -0.15) is 30.3 Å². The summed E-state index contributed by atoms with van der Waals surface area (Å²) in [6.45, 7) is 2.01. The van der Waals surface area contributed by atoms with Gasteiger partial charge in [0.2, 0.25) is 0 Å². The Morgan fingerprint density at radius 2 is 1.26 bits per heavy atom. The summed E-state index contributed by atoms with van der Waals surface area (Å²) >= 11 is 0. The van der Waals surface area contributed by atoms with E-state index in [0.717, 1.165) is 45.5 Å². The van der Waals surface area contributed by atoms with E-state index >= 15 is 0 Å². The molecule has 7 heteroatoms. The van der Waals surface area contributed by atoms with Crippen LogP contribution in [0.15, 0.2) is 104 Å². The molecule has 0 spiro atoms. The summed E-state index contributed by atoms with van der Waals surface area (Å²) in [5.74, 6) is 1.47. The Balaban J connectivity index is 0.00000241. The van der Waals surface area contributed by atoms with Gasteiger partial charge in [-0.15, -0.1) is 12.4 Å². The second-order valence-corrected chi connectivity index (χ2v) is 7.49. The van der Waals surface area contributed by atoms with E-state index in [4.69, 9.17) is 9.97 Å². The second-order valence-electron chi connectivity index (χ2n) is 7.49. The van der Waals surface area contributed by atoms with Crippen molar-refractivity contribution in [1.29, 1.82) is 0 Å². The summed E-state index contributed by atoms with van der Waals surface area (Å²) in [6.07, 6.45) is 7.13. The largest absolute Gasteiger partial charge is 0.477 e. The molecule has 0 aliphatic carbocycles. The standard InChI is InChI=1S/C27H18N6.Ir/c1-3-11-22(12-4-1)32-19-33(23-13-5-2-6-14-23)27-26(32)30-24(20-9-7-15-28-17-20)25(31-27)21-10-8-16-29-18-21;/h1-13,15-19H;/q-2;. The molecule has 6 nitrogen and oxygen atoms in total. The fraction of sp³-hybridized carbons (Fsp3) is 0. The summed E-state index contributed by atoms with van der Waals surface area (Å²) < 4.78 is 0. The Labute approximate surface area is 211 Å². The first-order valence-electron chi connectivity index (χ1n) is 10.6. The molecule has 4 heterocycles. The first kappa shape index (κ1) is 21.9. The van der Waals surface area contributed by atoms with Crippen LogP contribution < -0.4 is 9.80 Å². The third kappa shape index (κ3) is 3.96.